The molecule has 0 saturated carbocycles. The Labute approximate surface area is 181 Å². The highest BCUT2D eigenvalue weighted by atomic mass is 35.5. The van der Waals surface area contributed by atoms with Gasteiger partial charge in [-0.1, -0.05) is 11.6 Å². The Hall–Kier alpha value is -1.28. The van der Waals surface area contributed by atoms with Gasteiger partial charge in [0.05, 0.1) is 24.2 Å². The van der Waals surface area contributed by atoms with E-state index in [9.17, 15) is 21.6 Å². The molecule has 2 heterocycles. The summed E-state index contributed by atoms with van der Waals surface area (Å²) in [6, 6.07) is 4.63. The molecule has 1 aromatic rings. The number of morpholine rings is 1. The molecule has 3 rings (SSSR count). The van der Waals surface area contributed by atoms with Gasteiger partial charge in [-0.05, 0) is 31.2 Å². The number of sulfonamides is 1. The average Bonchev–Trinajstić information content (AvgIpc) is 2.74. The summed E-state index contributed by atoms with van der Waals surface area (Å²) >= 11 is 5.78. The Balaban J connectivity index is 1.57. The molecule has 0 aliphatic carbocycles. The number of carbonyl (C=O) groups excluding carboxylic acids is 1. The molecule has 0 aromatic heterocycles. The minimum absolute atomic E-state index is 0.00738. The van der Waals surface area contributed by atoms with Gasteiger partial charge in [0.15, 0.2) is 0 Å². The van der Waals surface area contributed by atoms with Crippen LogP contribution >= 0.6 is 11.6 Å². The molecule has 0 bridgehead atoms. The fourth-order valence-corrected chi connectivity index (χ4v) is 6.20. The van der Waals surface area contributed by atoms with E-state index in [1.807, 2.05) is 0 Å². The van der Waals surface area contributed by atoms with Crippen molar-refractivity contribution in [3.8, 4) is 0 Å². The van der Waals surface area contributed by atoms with Crippen LogP contribution in [0.3, 0.4) is 0 Å². The van der Waals surface area contributed by atoms with Crippen molar-refractivity contribution >= 4 is 37.7 Å². The van der Waals surface area contributed by atoms with Gasteiger partial charge in [-0.15, -0.1) is 0 Å². The third kappa shape index (κ3) is 5.31. The molecule has 2 aliphatic rings. The van der Waals surface area contributed by atoms with E-state index < -0.39 is 32.2 Å². The van der Waals surface area contributed by atoms with Crippen LogP contribution in [0, 0.1) is 0 Å². The first kappa shape index (κ1) is 23.4. The fraction of sp³-hybridized carbons (Fsp3) is 0.588. The van der Waals surface area contributed by atoms with Gasteiger partial charge >= 0.3 is 0 Å². The largest absolute Gasteiger partial charge is 0.379 e. The predicted octanol–water partition coefficient (Wildman–Crippen LogP) is -0.272. The van der Waals surface area contributed by atoms with Crippen molar-refractivity contribution in [2.45, 2.75) is 17.9 Å². The summed E-state index contributed by atoms with van der Waals surface area (Å²) in [5, 5.41) is 0.406. The second-order valence-electron chi connectivity index (χ2n) is 7.04. The molecule has 1 atom stereocenters. The molecule has 30 heavy (non-hydrogen) atoms. The fourth-order valence-electron chi connectivity index (χ4n) is 3.32. The molecule has 2 aliphatic heterocycles. The van der Waals surface area contributed by atoms with E-state index in [-0.39, 0.29) is 31.1 Å². The topological polar surface area (TPSA) is 116 Å². The third-order valence-corrected chi connectivity index (χ3v) is 8.84. The molecule has 2 saturated heterocycles. The Morgan fingerprint density at radius 1 is 0.967 bits per heavy atom. The second-order valence-corrected chi connectivity index (χ2v) is 11.1. The minimum atomic E-state index is -3.89. The first-order chi connectivity index (χ1) is 14.1. The van der Waals surface area contributed by atoms with E-state index in [1.54, 1.807) is 0 Å². The lowest BCUT2D eigenvalue weighted by Crippen LogP contribution is -2.58. The molecule has 0 radical (unpaired) electrons. The maximum atomic E-state index is 12.7. The van der Waals surface area contributed by atoms with Gasteiger partial charge in [0.1, 0.15) is 0 Å². The molecule has 1 N–H and O–H groups in total. The van der Waals surface area contributed by atoms with Crippen LogP contribution in [0.5, 0.6) is 0 Å². The van der Waals surface area contributed by atoms with Gasteiger partial charge in [-0.25, -0.2) is 8.42 Å². The van der Waals surface area contributed by atoms with E-state index in [2.05, 4.69) is 4.72 Å². The molecule has 10 nitrogen and oxygen atoms in total. The average molecular weight is 481 g/mol. The number of piperazine rings is 1. The number of halogens is 1. The summed E-state index contributed by atoms with van der Waals surface area (Å²) in [4.78, 5) is 14.2. The smallest absolute Gasteiger partial charge is 0.282 e. The van der Waals surface area contributed by atoms with Gasteiger partial charge in [0, 0.05) is 44.3 Å². The van der Waals surface area contributed by atoms with Crippen LogP contribution in [0.4, 0.5) is 0 Å². The molecule has 2 fully saturated rings. The number of hydrogen-bond donors (Lipinski definition) is 1. The number of amides is 1. The van der Waals surface area contributed by atoms with Gasteiger partial charge in [0.25, 0.3) is 10.2 Å². The van der Waals surface area contributed by atoms with Crippen LogP contribution in [-0.2, 0) is 29.8 Å². The number of rotatable bonds is 6. The number of ether oxygens (including phenoxy) is 1. The summed E-state index contributed by atoms with van der Waals surface area (Å²) in [7, 11) is -7.49. The van der Waals surface area contributed by atoms with E-state index in [0.29, 0.717) is 31.3 Å². The first-order valence-corrected chi connectivity index (χ1v) is 12.8. The Bertz CT molecular complexity index is 956. The highest BCUT2D eigenvalue weighted by molar-refractivity contribution is 7.89. The summed E-state index contributed by atoms with van der Waals surface area (Å²) < 4.78 is 60.7. The van der Waals surface area contributed by atoms with Crippen molar-refractivity contribution < 1.29 is 26.4 Å². The van der Waals surface area contributed by atoms with Crippen LogP contribution in [0.2, 0.25) is 5.02 Å². The van der Waals surface area contributed by atoms with E-state index in [4.69, 9.17) is 16.3 Å². The molecular formula is C17H25ClN4O6S2. The second kappa shape index (κ2) is 9.47. The van der Waals surface area contributed by atoms with Crippen LogP contribution in [0.15, 0.2) is 29.2 Å². The summed E-state index contributed by atoms with van der Waals surface area (Å²) in [5.74, 6) is -0.407. The van der Waals surface area contributed by atoms with Crippen molar-refractivity contribution in [2.75, 3.05) is 52.5 Å². The lowest BCUT2D eigenvalue weighted by atomic mass is 10.2. The normalized spacial score (nSPS) is 20.8. The predicted molar refractivity (Wildman–Crippen MR) is 111 cm³/mol. The summed E-state index contributed by atoms with van der Waals surface area (Å²) in [5.41, 5.74) is 0. The zero-order valence-corrected chi connectivity index (χ0v) is 18.9. The van der Waals surface area contributed by atoms with Gasteiger partial charge < -0.3 is 9.64 Å². The standard InChI is InChI=1S/C17H25ClN4O6S2/c1-14(19-29(24,25)16-4-2-15(18)3-5-16)17(23)20-6-8-21(9-7-20)30(26,27)22-10-12-28-13-11-22/h2-5,14,19H,6-13H2,1H3/t14-/m0/s1. The molecular weight excluding hydrogens is 456 g/mol. The number of hydrogen-bond acceptors (Lipinski definition) is 6. The molecule has 1 amide bonds. The van der Waals surface area contributed by atoms with Gasteiger partial charge in [0.2, 0.25) is 15.9 Å². The van der Waals surface area contributed by atoms with Gasteiger partial charge in [-0.3, -0.25) is 4.79 Å². The monoisotopic (exact) mass is 480 g/mol. The highest BCUT2D eigenvalue weighted by Gasteiger charge is 2.35. The number of nitrogens with zero attached hydrogens (tertiary/aromatic N) is 3. The van der Waals surface area contributed by atoms with Gasteiger partial charge in [-0.2, -0.15) is 21.8 Å². The summed E-state index contributed by atoms with van der Waals surface area (Å²) in [6.45, 7) is 3.50. The van der Waals surface area contributed by atoms with Crippen molar-refractivity contribution in [2.24, 2.45) is 0 Å². The maximum Gasteiger partial charge on any atom is 0.282 e. The Morgan fingerprint density at radius 2 is 1.50 bits per heavy atom. The lowest BCUT2D eigenvalue weighted by molar-refractivity contribution is -0.133. The number of carbonyl (C=O) groups is 1. The van der Waals surface area contributed by atoms with Crippen molar-refractivity contribution in [3.05, 3.63) is 29.3 Å². The zero-order valence-electron chi connectivity index (χ0n) is 16.5. The lowest BCUT2D eigenvalue weighted by Gasteiger charge is -2.38. The molecule has 0 unspecified atom stereocenters. The first-order valence-electron chi connectivity index (χ1n) is 9.51. The van der Waals surface area contributed by atoms with E-state index >= 15 is 0 Å². The Kier molecular flexibility index (Phi) is 7.38. The molecule has 168 valence electrons. The van der Waals surface area contributed by atoms with Crippen LogP contribution < -0.4 is 4.72 Å². The third-order valence-electron chi connectivity index (χ3n) is 5.00. The Morgan fingerprint density at radius 3 is 2.07 bits per heavy atom. The molecule has 1 aromatic carbocycles. The van der Waals surface area contributed by atoms with E-state index in [1.165, 1.54) is 44.7 Å². The number of benzene rings is 1. The van der Waals surface area contributed by atoms with Crippen LogP contribution in [-0.4, -0.2) is 94.8 Å². The molecule has 13 heteroatoms. The van der Waals surface area contributed by atoms with Crippen molar-refractivity contribution in [1.29, 1.82) is 0 Å². The quantitative estimate of drug-likeness (QED) is 0.599. The van der Waals surface area contributed by atoms with Crippen molar-refractivity contribution in [3.63, 3.8) is 0 Å². The van der Waals surface area contributed by atoms with Crippen LogP contribution in [0.25, 0.3) is 0 Å². The molecule has 0 spiro atoms. The van der Waals surface area contributed by atoms with E-state index in [0.717, 1.165) is 0 Å². The maximum absolute atomic E-state index is 12.7. The number of nitrogens with one attached hydrogen (secondary N) is 1. The zero-order chi connectivity index (χ0) is 21.9. The minimum Gasteiger partial charge on any atom is -0.379 e. The van der Waals surface area contributed by atoms with Crippen LogP contribution in [0.1, 0.15) is 6.92 Å². The van der Waals surface area contributed by atoms with Crippen molar-refractivity contribution in [1.82, 2.24) is 18.2 Å². The highest BCUT2D eigenvalue weighted by Crippen LogP contribution is 2.16. The summed E-state index contributed by atoms with van der Waals surface area (Å²) in [6.07, 6.45) is 0. The SMILES string of the molecule is C[C@H](NS(=O)(=O)c1ccc(Cl)cc1)C(=O)N1CCN(S(=O)(=O)N2CCOCC2)CC1.